The van der Waals surface area contributed by atoms with Gasteiger partial charge in [-0.15, -0.1) is 0 Å². The van der Waals surface area contributed by atoms with Crippen LogP contribution in [0.3, 0.4) is 0 Å². The summed E-state index contributed by atoms with van der Waals surface area (Å²) in [7, 11) is 0. The number of fused-ring (bicyclic) bond motifs is 1. The highest BCUT2D eigenvalue weighted by atomic mass is 35.5. The van der Waals surface area contributed by atoms with Crippen molar-refractivity contribution in [1.82, 2.24) is 9.55 Å². The van der Waals surface area contributed by atoms with Gasteiger partial charge >= 0.3 is 5.97 Å². The molecule has 0 fully saturated rings. The topological polar surface area (TPSA) is 68.3 Å². The van der Waals surface area contributed by atoms with Gasteiger partial charge in [-0.3, -0.25) is 4.79 Å². The zero-order valence-corrected chi connectivity index (χ0v) is 12.4. The minimum atomic E-state index is -0.886. The Kier molecular flexibility index (Phi) is 3.90. The predicted molar refractivity (Wildman–Crippen MR) is 80.9 cm³/mol. The number of carbonyl (C=O) groups is 1. The molecule has 1 aromatic carbocycles. The third-order valence-electron chi connectivity index (χ3n) is 2.90. The van der Waals surface area contributed by atoms with Crippen LogP contribution in [-0.4, -0.2) is 26.4 Å². The van der Waals surface area contributed by atoms with Gasteiger partial charge in [0.15, 0.2) is 5.16 Å². The van der Waals surface area contributed by atoms with Crippen LogP contribution in [0, 0.1) is 0 Å². The number of halogens is 1. The molecule has 0 aliphatic carbocycles. The second-order valence-corrected chi connectivity index (χ2v) is 5.70. The minimum Gasteiger partial charge on any atom is -0.481 e. The summed E-state index contributed by atoms with van der Waals surface area (Å²) >= 11 is 7.42. The van der Waals surface area contributed by atoms with Crippen molar-refractivity contribution < 1.29 is 14.3 Å². The molecule has 2 heterocycles. The molecular weight excluding hydrogens is 312 g/mol. The lowest BCUT2D eigenvalue weighted by molar-refractivity contribution is -0.133. The third-order valence-corrected chi connectivity index (χ3v) is 4.17. The Bertz CT molecular complexity index is 783. The summed E-state index contributed by atoms with van der Waals surface area (Å²) < 4.78 is 7.24. The van der Waals surface area contributed by atoms with Gasteiger partial charge in [0, 0.05) is 0 Å². The number of furan rings is 1. The van der Waals surface area contributed by atoms with Crippen molar-refractivity contribution in [3.63, 3.8) is 0 Å². The lowest BCUT2D eigenvalue weighted by atomic mass is 10.3. The number of aromatic nitrogens is 2. The minimum absolute atomic E-state index is 0.0565. The second-order valence-electron chi connectivity index (χ2n) is 4.35. The Morgan fingerprint density at radius 2 is 2.24 bits per heavy atom. The van der Waals surface area contributed by atoms with Gasteiger partial charge in [0.2, 0.25) is 0 Å². The highest BCUT2D eigenvalue weighted by Gasteiger charge is 2.16. The maximum Gasteiger partial charge on any atom is 0.313 e. The number of rotatable bonds is 5. The smallest absolute Gasteiger partial charge is 0.313 e. The summed E-state index contributed by atoms with van der Waals surface area (Å²) in [5.74, 6) is -0.187. The van der Waals surface area contributed by atoms with Crippen molar-refractivity contribution in [3.8, 4) is 0 Å². The number of carboxylic acid groups (broad SMARTS) is 1. The lowest BCUT2D eigenvalue weighted by Crippen LogP contribution is -2.04. The van der Waals surface area contributed by atoms with Gasteiger partial charge in [0.05, 0.1) is 34.6 Å². The zero-order chi connectivity index (χ0) is 14.8. The first-order chi connectivity index (χ1) is 10.1. The van der Waals surface area contributed by atoms with Gasteiger partial charge in [-0.2, -0.15) is 0 Å². The van der Waals surface area contributed by atoms with Crippen LogP contribution in [0.4, 0.5) is 0 Å². The van der Waals surface area contributed by atoms with Crippen molar-refractivity contribution in [3.05, 3.63) is 47.4 Å². The van der Waals surface area contributed by atoms with Crippen LogP contribution in [0.5, 0.6) is 0 Å². The highest BCUT2D eigenvalue weighted by Crippen LogP contribution is 2.30. The van der Waals surface area contributed by atoms with Crippen molar-refractivity contribution in [2.45, 2.75) is 11.7 Å². The SMILES string of the molecule is O=C(O)CSc1nc2cccc(Cl)c2n1Cc1ccco1. The van der Waals surface area contributed by atoms with E-state index in [2.05, 4.69) is 4.98 Å². The number of aliphatic carboxylic acids is 1. The molecule has 0 amide bonds. The number of nitrogens with zero attached hydrogens (tertiary/aromatic N) is 2. The van der Waals surface area contributed by atoms with Gasteiger partial charge in [-0.25, -0.2) is 4.98 Å². The first-order valence-corrected chi connectivity index (χ1v) is 7.53. The Balaban J connectivity index is 2.07. The molecule has 0 atom stereocenters. The number of hydrogen-bond acceptors (Lipinski definition) is 4. The van der Waals surface area contributed by atoms with Crippen molar-refractivity contribution >= 4 is 40.4 Å². The second kappa shape index (κ2) is 5.83. The molecule has 0 aliphatic heterocycles. The molecular formula is C14H11ClN2O3S. The van der Waals surface area contributed by atoms with E-state index in [0.29, 0.717) is 16.7 Å². The van der Waals surface area contributed by atoms with Gasteiger partial charge in [0.25, 0.3) is 0 Å². The zero-order valence-electron chi connectivity index (χ0n) is 10.8. The highest BCUT2D eigenvalue weighted by molar-refractivity contribution is 7.99. The first-order valence-electron chi connectivity index (χ1n) is 6.17. The van der Waals surface area contributed by atoms with Crippen LogP contribution in [-0.2, 0) is 11.3 Å². The predicted octanol–water partition coefficient (Wildman–Crippen LogP) is 3.51. The maximum atomic E-state index is 10.8. The molecule has 3 aromatic rings. The van der Waals surface area contributed by atoms with Gasteiger partial charge < -0.3 is 14.1 Å². The molecule has 0 saturated heterocycles. The molecule has 0 radical (unpaired) electrons. The fraction of sp³-hybridized carbons (Fsp3) is 0.143. The normalized spacial score (nSPS) is 11.1. The molecule has 0 unspecified atom stereocenters. The Labute approximate surface area is 129 Å². The molecule has 0 bridgehead atoms. The molecule has 3 rings (SSSR count). The summed E-state index contributed by atoms with van der Waals surface area (Å²) in [5.41, 5.74) is 1.52. The number of thioether (sulfide) groups is 1. The summed E-state index contributed by atoms with van der Waals surface area (Å²) in [5, 5.41) is 10.0. The van der Waals surface area contributed by atoms with Gasteiger partial charge in [0.1, 0.15) is 5.76 Å². The van der Waals surface area contributed by atoms with Crippen LogP contribution in [0.15, 0.2) is 46.2 Å². The van der Waals surface area contributed by atoms with E-state index in [-0.39, 0.29) is 5.75 Å². The van der Waals surface area contributed by atoms with E-state index in [9.17, 15) is 4.79 Å². The van der Waals surface area contributed by atoms with Crippen LogP contribution >= 0.6 is 23.4 Å². The Morgan fingerprint density at radius 3 is 2.95 bits per heavy atom. The molecule has 7 heteroatoms. The summed E-state index contributed by atoms with van der Waals surface area (Å²) in [4.78, 5) is 15.2. The summed E-state index contributed by atoms with van der Waals surface area (Å²) in [6.07, 6.45) is 1.60. The first kappa shape index (κ1) is 14.0. The van der Waals surface area contributed by atoms with Crippen molar-refractivity contribution in [2.24, 2.45) is 0 Å². The molecule has 0 spiro atoms. The number of para-hydroxylation sites is 1. The molecule has 108 valence electrons. The van der Waals surface area contributed by atoms with Crippen LogP contribution in [0.2, 0.25) is 5.02 Å². The molecule has 21 heavy (non-hydrogen) atoms. The quantitative estimate of drug-likeness (QED) is 0.728. The average Bonchev–Trinajstić information content (AvgIpc) is 3.06. The largest absolute Gasteiger partial charge is 0.481 e. The fourth-order valence-corrected chi connectivity index (χ4v) is 3.06. The van der Waals surface area contributed by atoms with Crippen molar-refractivity contribution in [2.75, 3.05) is 5.75 Å². The summed E-state index contributed by atoms with van der Waals surface area (Å²) in [6.45, 7) is 0.454. The van der Waals surface area contributed by atoms with Crippen LogP contribution in [0.25, 0.3) is 11.0 Å². The summed E-state index contributed by atoms with van der Waals surface area (Å²) in [6, 6.07) is 9.12. The molecule has 2 aromatic heterocycles. The lowest BCUT2D eigenvalue weighted by Gasteiger charge is -2.07. The van der Waals surface area contributed by atoms with E-state index in [1.54, 1.807) is 18.4 Å². The monoisotopic (exact) mass is 322 g/mol. The van der Waals surface area contributed by atoms with Gasteiger partial charge in [-0.1, -0.05) is 29.4 Å². The average molecular weight is 323 g/mol. The molecule has 0 aliphatic rings. The van der Waals surface area contributed by atoms with Gasteiger partial charge in [-0.05, 0) is 24.3 Å². The maximum absolute atomic E-state index is 10.8. The van der Waals surface area contributed by atoms with Crippen molar-refractivity contribution in [1.29, 1.82) is 0 Å². The van der Waals surface area contributed by atoms with E-state index >= 15 is 0 Å². The number of benzene rings is 1. The van der Waals surface area contributed by atoms with Crippen LogP contribution < -0.4 is 0 Å². The fourth-order valence-electron chi connectivity index (χ4n) is 2.06. The molecule has 0 saturated carbocycles. The van der Waals surface area contributed by atoms with E-state index in [4.69, 9.17) is 21.1 Å². The van der Waals surface area contributed by atoms with Crippen LogP contribution in [0.1, 0.15) is 5.76 Å². The number of carboxylic acids is 1. The number of hydrogen-bond donors (Lipinski definition) is 1. The standard InChI is InChI=1S/C14H11ClN2O3S/c15-10-4-1-5-11-13(10)17(7-9-3-2-6-20-9)14(16-11)21-8-12(18)19/h1-6H,7-8H2,(H,18,19). The Hall–Kier alpha value is -1.92. The molecule has 5 nitrogen and oxygen atoms in total. The van der Waals surface area contributed by atoms with E-state index < -0.39 is 5.97 Å². The Morgan fingerprint density at radius 1 is 1.38 bits per heavy atom. The molecule has 1 N–H and O–H groups in total. The van der Waals surface area contributed by atoms with E-state index in [1.165, 1.54) is 0 Å². The third kappa shape index (κ3) is 2.91. The number of imidazole rings is 1. The van der Waals surface area contributed by atoms with E-state index in [0.717, 1.165) is 28.6 Å². The van der Waals surface area contributed by atoms with E-state index in [1.807, 2.05) is 22.8 Å².